The van der Waals surface area contributed by atoms with Crippen molar-refractivity contribution in [3.05, 3.63) is 65.0 Å². The van der Waals surface area contributed by atoms with Gasteiger partial charge in [-0.25, -0.2) is 0 Å². The highest BCUT2D eigenvalue weighted by Gasteiger charge is 2.13. The quantitative estimate of drug-likeness (QED) is 0.376. The van der Waals surface area contributed by atoms with E-state index in [4.69, 9.17) is 25.5 Å². The van der Waals surface area contributed by atoms with Gasteiger partial charge in [0.1, 0.15) is 5.75 Å². The molecule has 0 radical (unpaired) electrons. The van der Waals surface area contributed by atoms with E-state index in [0.717, 1.165) is 0 Å². The van der Waals surface area contributed by atoms with Crippen LogP contribution in [0.5, 0.6) is 5.75 Å². The molecular formula is C21H19ClN2O5. The summed E-state index contributed by atoms with van der Waals surface area (Å²) in [5, 5.41) is 8.36. The molecule has 0 aliphatic rings. The van der Waals surface area contributed by atoms with Gasteiger partial charge < -0.3 is 13.9 Å². The number of carbonyl (C=O) groups is 2. The zero-order valence-electron chi connectivity index (χ0n) is 15.8. The first-order valence-electron chi connectivity index (χ1n) is 9.05. The van der Waals surface area contributed by atoms with Gasteiger partial charge in [0.05, 0.1) is 13.0 Å². The number of halogens is 1. The van der Waals surface area contributed by atoms with Gasteiger partial charge in [0.25, 0.3) is 5.89 Å². The SMILES string of the molecule is CCOc1ccc(C(=O)CCC(=O)OCc2nnc(-c3ccc(Cl)cc3)o2)cc1. The predicted octanol–water partition coefficient (Wildman–Crippen LogP) is 4.50. The minimum atomic E-state index is -0.518. The van der Waals surface area contributed by atoms with E-state index >= 15 is 0 Å². The van der Waals surface area contributed by atoms with Gasteiger partial charge in [-0.2, -0.15) is 0 Å². The van der Waals surface area contributed by atoms with Crippen molar-refractivity contribution in [3.63, 3.8) is 0 Å². The van der Waals surface area contributed by atoms with Crippen LogP contribution in [0.1, 0.15) is 36.0 Å². The van der Waals surface area contributed by atoms with Crippen molar-refractivity contribution >= 4 is 23.4 Å². The van der Waals surface area contributed by atoms with Gasteiger partial charge in [-0.05, 0) is 55.5 Å². The van der Waals surface area contributed by atoms with E-state index < -0.39 is 5.97 Å². The van der Waals surface area contributed by atoms with Crippen molar-refractivity contribution in [2.24, 2.45) is 0 Å². The van der Waals surface area contributed by atoms with Crippen LogP contribution in [-0.4, -0.2) is 28.6 Å². The second kappa shape index (κ2) is 9.84. The summed E-state index contributed by atoms with van der Waals surface area (Å²) < 4.78 is 15.9. The van der Waals surface area contributed by atoms with E-state index in [1.807, 2.05) is 6.92 Å². The largest absolute Gasteiger partial charge is 0.494 e. The lowest BCUT2D eigenvalue weighted by molar-refractivity contribution is -0.145. The molecule has 8 heteroatoms. The fraction of sp³-hybridized carbons (Fsp3) is 0.238. The molecule has 0 N–H and O–H groups in total. The molecule has 0 amide bonds. The first-order chi connectivity index (χ1) is 14.0. The molecule has 0 atom stereocenters. The van der Waals surface area contributed by atoms with Gasteiger partial charge in [-0.15, -0.1) is 10.2 Å². The number of ketones is 1. The number of aromatic nitrogens is 2. The van der Waals surface area contributed by atoms with Crippen molar-refractivity contribution in [1.29, 1.82) is 0 Å². The Kier molecular flexibility index (Phi) is 6.97. The molecule has 0 bridgehead atoms. The van der Waals surface area contributed by atoms with Crippen molar-refractivity contribution in [2.75, 3.05) is 6.61 Å². The number of rotatable bonds is 9. The number of Topliss-reactive ketones (excluding diaryl/α,β-unsaturated/α-hetero) is 1. The summed E-state index contributed by atoms with van der Waals surface area (Å²) >= 11 is 5.85. The number of carbonyl (C=O) groups excluding carboxylic acids is 2. The normalized spacial score (nSPS) is 10.6. The average Bonchev–Trinajstić information content (AvgIpc) is 3.21. The van der Waals surface area contributed by atoms with Gasteiger partial charge in [-0.3, -0.25) is 9.59 Å². The summed E-state index contributed by atoms with van der Waals surface area (Å²) in [5.41, 5.74) is 1.23. The maximum Gasteiger partial charge on any atom is 0.306 e. The van der Waals surface area contributed by atoms with Crippen LogP contribution in [0.3, 0.4) is 0 Å². The number of benzene rings is 2. The Labute approximate surface area is 172 Å². The molecule has 1 heterocycles. The Bertz CT molecular complexity index is 967. The molecule has 3 rings (SSSR count). The van der Waals surface area contributed by atoms with E-state index in [2.05, 4.69) is 10.2 Å². The third kappa shape index (κ3) is 5.89. The summed E-state index contributed by atoms with van der Waals surface area (Å²) in [6, 6.07) is 13.7. The van der Waals surface area contributed by atoms with Crippen LogP contribution in [0.15, 0.2) is 52.9 Å². The fourth-order valence-corrected chi connectivity index (χ4v) is 2.63. The summed E-state index contributed by atoms with van der Waals surface area (Å²) in [5.74, 6) is 0.504. The molecular weight excluding hydrogens is 396 g/mol. The molecule has 0 spiro atoms. The van der Waals surface area contributed by atoms with Crippen LogP contribution in [0.4, 0.5) is 0 Å². The molecule has 29 heavy (non-hydrogen) atoms. The minimum absolute atomic E-state index is 0.0375. The number of hydrogen-bond donors (Lipinski definition) is 0. The molecule has 1 aromatic heterocycles. The second-order valence-corrected chi connectivity index (χ2v) is 6.49. The van der Waals surface area contributed by atoms with Gasteiger partial charge in [0, 0.05) is 22.6 Å². The molecule has 2 aromatic carbocycles. The first-order valence-corrected chi connectivity index (χ1v) is 9.43. The lowest BCUT2D eigenvalue weighted by Crippen LogP contribution is -2.08. The number of hydrogen-bond acceptors (Lipinski definition) is 7. The van der Waals surface area contributed by atoms with Crippen molar-refractivity contribution in [2.45, 2.75) is 26.4 Å². The summed E-state index contributed by atoms with van der Waals surface area (Å²) in [7, 11) is 0. The summed E-state index contributed by atoms with van der Waals surface area (Å²) in [4.78, 5) is 24.1. The second-order valence-electron chi connectivity index (χ2n) is 6.05. The van der Waals surface area contributed by atoms with Crippen molar-refractivity contribution < 1.29 is 23.5 Å². The monoisotopic (exact) mass is 414 g/mol. The molecule has 0 fully saturated rings. The molecule has 0 unspecified atom stereocenters. The van der Waals surface area contributed by atoms with Crippen molar-refractivity contribution in [3.8, 4) is 17.2 Å². The van der Waals surface area contributed by atoms with Crippen LogP contribution >= 0.6 is 11.6 Å². The lowest BCUT2D eigenvalue weighted by Gasteiger charge is -2.05. The highest BCUT2D eigenvalue weighted by Crippen LogP contribution is 2.20. The van der Waals surface area contributed by atoms with Crippen LogP contribution in [0, 0.1) is 0 Å². The Hall–Kier alpha value is -3.19. The van der Waals surface area contributed by atoms with Crippen LogP contribution in [-0.2, 0) is 16.1 Å². The minimum Gasteiger partial charge on any atom is -0.494 e. The van der Waals surface area contributed by atoms with E-state index in [1.54, 1.807) is 48.5 Å². The molecule has 7 nitrogen and oxygen atoms in total. The molecule has 0 saturated carbocycles. The smallest absolute Gasteiger partial charge is 0.306 e. The lowest BCUT2D eigenvalue weighted by atomic mass is 10.1. The van der Waals surface area contributed by atoms with E-state index in [0.29, 0.717) is 34.4 Å². The molecule has 3 aromatic rings. The highest BCUT2D eigenvalue weighted by atomic mass is 35.5. The number of nitrogens with zero attached hydrogens (tertiary/aromatic N) is 2. The summed E-state index contributed by atoms with van der Waals surface area (Å²) in [6.07, 6.45) is 0.0108. The van der Waals surface area contributed by atoms with Crippen LogP contribution in [0.25, 0.3) is 11.5 Å². The molecule has 0 saturated heterocycles. The van der Waals surface area contributed by atoms with E-state index in [9.17, 15) is 9.59 Å². The van der Waals surface area contributed by atoms with Gasteiger partial charge in [0.2, 0.25) is 5.89 Å². The topological polar surface area (TPSA) is 91.5 Å². The van der Waals surface area contributed by atoms with E-state index in [-0.39, 0.29) is 31.1 Å². The number of ether oxygens (including phenoxy) is 2. The van der Waals surface area contributed by atoms with Crippen molar-refractivity contribution in [1.82, 2.24) is 10.2 Å². The van der Waals surface area contributed by atoms with E-state index in [1.165, 1.54) is 0 Å². The zero-order chi connectivity index (χ0) is 20.6. The third-order valence-corrected chi connectivity index (χ3v) is 4.21. The van der Waals surface area contributed by atoms with Gasteiger partial charge in [-0.1, -0.05) is 11.6 Å². The van der Waals surface area contributed by atoms with Crippen LogP contribution in [0.2, 0.25) is 5.02 Å². The van der Waals surface area contributed by atoms with Crippen LogP contribution < -0.4 is 4.74 Å². The predicted molar refractivity (Wildman–Crippen MR) is 106 cm³/mol. The number of esters is 1. The zero-order valence-corrected chi connectivity index (χ0v) is 16.5. The third-order valence-electron chi connectivity index (χ3n) is 3.96. The maximum atomic E-state index is 12.2. The van der Waals surface area contributed by atoms with Gasteiger partial charge in [0.15, 0.2) is 12.4 Å². The van der Waals surface area contributed by atoms with Gasteiger partial charge >= 0.3 is 5.97 Å². The molecule has 0 aliphatic heterocycles. The fourth-order valence-electron chi connectivity index (χ4n) is 2.50. The molecule has 0 aliphatic carbocycles. The highest BCUT2D eigenvalue weighted by molar-refractivity contribution is 6.30. The standard InChI is InChI=1S/C21H19ClN2O5/c1-2-27-17-9-5-14(6-10-17)18(25)11-12-20(26)28-13-19-23-24-21(29-19)15-3-7-16(22)8-4-15/h3-10H,2,11-13H2,1H3. The Morgan fingerprint density at radius 2 is 1.72 bits per heavy atom. The summed E-state index contributed by atoms with van der Waals surface area (Å²) in [6.45, 7) is 2.29. The maximum absolute atomic E-state index is 12.2. The Balaban J connectivity index is 1.45. The molecule has 150 valence electrons. The first kappa shape index (κ1) is 20.5. The Morgan fingerprint density at radius 3 is 2.41 bits per heavy atom. The Morgan fingerprint density at radius 1 is 1.00 bits per heavy atom. The average molecular weight is 415 g/mol.